The summed E-state index contributed by atoms with van der Waals surface area (Å²) in [7, 11) is 3.23. The standard InChI is InChI=1S/C21H25NO4/c1-24-18-10-6-3-7-15(18)13-21(23)22-16-11-12-19(25-2)20(14-16)26-17-8-4-5-9-17/h3,6-7,10-12,14,17H,4-5,8-9,13H2,1-2H3,(H,22,23). The van der Waals surface area contributed by atoms with E-state index in [9.17, 15) is 4.79 Å². The van der Waals surface area contributed by atoms with E-state index < -0.39 is 0 Å². The summed E-state index contributed by atoms with van der Waals surface area (Å²) in [5.41, 5.74) is 1.54. The Morgan fingerprint density at radius 3 is 2.46 bits per heavy atom. The molecule has 1 fully saturated rings. The van der Waals surface area contributed by atoms with Crippen LogP contribution in [0.25, 0.3) is 0 Å². The van der Waals surface area contributed by atoms with Crippen LogP contribution in [0, 0.1) is 0 Å². The maximum atomic E-state index is 12.4. The van der Waals surface area contributed by atoms with Gasteiger partial charge < -0.3 is 19.5 Å². The van der Waals surface area contributed by atoms with E-state index in [1.54, 1.807) is 14.2 Å². The normalized spacial score (nSPS) is 14.1. The second-order valence-electron chi connectivity index (χ2n) is 6.43. The molecule has 0 atom stereocenters. The fourth-order valence-electron chi connectivity index (χ4n) is 3.26. The molecule has 1 N–H and O–H groups in total. The van der Waals surface area contributed by atoms with Gasteiger partial charge in [-0.3, -0.25) is 4.79 Å². The van der Waals surface area contributed by atoms with Crippen LogP contribution in [0.2, 0.25) is 0 Å². The predicted molar refractivity (Wildman–Crippen MR) is 101 cm³/mol. The third kappa shape index (κ3) is 4.48. The number of nitrogens with one attached hydrogen (secondary N) is 1. The van der Waals surface area contributed by atoms with Crippen LogP contribution in [0.5, 0.6) is 17.2 Å². The summed E-state index contributed by atoms with van der Waals surface area (Å²) in [5, 5.41) is 2.93. The number of para-hydroxylation sites is 1. The molecule has 3 rings (SSSR count). The van der Waals surface area contributed by atoms with Crippen LogP contribution >= 0.6 is 0 Å². The quantitative estimate of drug-likeness (QED) is 0.808. The first-order valence-electron chi connectivity index (χ1n) is 8.96. The number of hydrogen-bond acceptors (Lipinski definition) is 4. The lowest BCUT2D eigenvalue weighted by Crippen LogP contribution is -2.16. The lowest BCUT2D eigenvalue weighted by Gasteiger charge is -2.17. The van der Waals surface area contributed by atoms with Gasteiger partial charge in [-0.15, -0.1) is 0 Å². The summed E-state index contributed by atoms with van der Waals surface area (Å²) >= 11 is 0. The summed E-state index contributed by atoms with van der Waals surface area (Å²) in [6.07, 6.45) is 4.99. The van der Waals surface area contributed by atoms with Gasteiger partial charge >= 0.3 is 0 Å². The highest BCUT2D eigenvalue weighted by Gasteiger charge is 2.19. The van der Waals surface area contributed by atoms with Crippen molar-refractivity contribution in [3.8, 4) is 17.2 Å². The van der Waals surface area contributed by atoms with Gasteiger partial charge in [0.2, 0.25) is 5.91 Å². The molecule has 0 saturated heterocycles. The molecule has 2 aromatic carbocycles. The van der Waals surface area contributed by atoms with Crippen LogP contribution in [-0.2, 0) is 11.2 Å². The second kappa shape index (κ2) is 8.61. The lowest BCUT2D eigenvalue weighted by molar-refractivity contribution is -0.115. The topological polar surface area (TPSA) is 56.8 Å². The molecule has 0 aliphatic heterocycles. The average Bonchev–Trinajstić information content (AvgIpc) is 3.15. The SMILES string of the molecule is COc1ccccc1CC(=O)Nc1ccc(OC)c(OC2CCCC2)c1. The molecular formula is C21H25NO4. The Bertz CT molecular complexity index is 753. The van der Waals surface area contributed by atoms with Crippen LogP contribution < -0.4 is 19.5 Å². The largest absolute Gasteiger partial charge is 0.496 e. The van der Waals surface area contributed by atoms with Gasteiger partial charge in [-0.05, 0) is 43.9 Å². The molecule has 5 nitrogen and oxygen atoms in total. The van der Waals surface area contributed by atoms with Gasteiger partial charge in [0.05, 0.1) is 26.7 Å². The van der Waals surface area contributed by atoms with Crippen LogP contribution in [0.4, 0.5) is 5.69 Å². The molecule has 138 valence electrons. The first kappa shape index (κ1) is 18.1. The number of hydrogen-bond donors (Lipinski definition) is 1. The smallest absolute Gasteiger partial charge is 0.228 e. The fourth-order valence-corrected chi connectivity index (χ4v) is 3.26. The molecular weight excluding hydrogens is 330 g/mol. The summed E-state index contributed by atoms with van der Waals surface area (Å²) in [6, 6.07) is 13.0. The van der Waals surface area contributed by atoms with Gasteiger partial charge in [-0.2, -0.15) is 0 Å². The zero-order valence-electron chi connectivity index (χ0n) is 15.3. The van der Waals surface area contributed by atoms with Gasteiger partial charge in [-0.1, -0.05) is 18.2 Å². The van der Waals surface area contributed by atoms with Crippen LogP contribution in [-0.4, -0.2) is 26.2 Å². The summed E-state index contributed by atoms with van der Waals surface area (Å²) < 4.78 is 16.8. The molecule has 1 aliphatic carbocycles. The van der Waals surface area contributed by atoms with Gasteiger partial charge in [0.1, 0.15) is 5.75 Å². The molecule has 2 aromatic rings. The number of amides is 1. The summed E-state index contributed by atoms with van der Waals surface area (Å²) in [5.74, 6) is 1.96. The monoisotopic (exact) mass is 355 g/mol. The van der Waals surface area contributed by atoms with Crippen molar-refractivity contribution in [1.29, 1.82) is 0 Å². The van der Waals surface area contributed by atoms with Crippen molar-refractivity contribution in [1.82, 2.24) is 0 Å². The minimum atomic E-state index is -0.105. The fraction of sp³-hybridized carbons (Fsp3) is 0.381. The first-order chi connectivity index (χ1) is 12.7. The molecule has 0 radical (unpaired) electrons. The first-order valence-corrected chi connectivity index (χ1v) is 8.96. The van der Waals surface area contributed by atoms with E-state index in [1.807, 2.05) is 42.5 Å². The van der Waals surface area contributed by atoms with Gasteiger partial charge in [0, 0.05) is 17.3 Å². The van der Waals surface area contributed by atoms with Crippen LogP contribution in [0.15, 0.2) is 42.5 Å². The number of rotatable bonds is 7. The third-order valence-electron chi connectivity index (χ3n) is 4.59. The van der Waals surface area contributed by atoms with E-state index in [1.165, 1.54) is 12.8 Å². The molecule has 0 unspecified atom stereocenters. The Labute approximate surface area is 154 Å². The Morgan fingerprint density at radius 2 is 1.73 bits per heavy atom. The van der Waals surface area contributed by atoms with Gasteiger partial charge in [0.15, 0.2) is 11.5 Å². The molecule has 5 heteroatoms. The molecule has 0 bridgehead atoms. The van der Waals surface area contributed by atoms with Crippen LogP contribution in [0.3, 0.4) is 0 Å². The Morgan fingerprint density at radius 1 is 1.00 bits per heavy atom. The van der Waals surface area contributed by atoms with E-state index in [0.29, 0.717) is 22.9 Å². The van der Waals surface area contributed by atoms with E-state index in [4.69, 9.17) is 14.2 Å². The van der Waals surface area contributed by atoms with Gasteiger partial charge in [-0.25, -0.2) is 0 Å². The van der Waals surface area contributed by atoms with Crippen molar-refractivity contribution in [2.75, 3.05) is 19.5 Å². The molecule has 0 heterocycles. The second-order valence-corrected chi connectivity index (χ2v) is 6.43. The van der Waals surface area contributed by atoms with E-state index >= 15 is 0 Å². The third-order valence-corrected chi connectivity index (χ3v) is 4.59. The zero-order chi connectivity index (χ0) is 18.4. The molecule has 1 amide bonds. The number of methoxy groups -OCH3 is 2. The highest BCUT2D eigenvalue weighted by molar-refractivity contribution is 5.93. The lowest BCUT2D eigenvalue weighted by atomic mass is 10.1. The van der Waals surface area contributed by atoms with Crippen molar-refractivity contribution in [3.05, 3.63) is 48.0 Å². The minimum absolute atomic E-state index is 0.105. The van der Waals surface area contributed by atoms with E-state index in [2.05, 4.69) is 5.32 Å². The Kier molecular flexibility index (Phi) is 6.00. The Balaban J connectivity index is 1.69. The summed E-state index contributed by atoms with van der Waals surface area (Å²) in [6.45, 7) is 0. The number of carbonyl (C=O) groups excluding carboxylic acids is 1. The number of ether oxygens (including phenoxy) is 3. The molecule has 1 saturated carbocycles. The van der Waals surface area contributed by atoms with Crippen molar-refractivity contribution >= 4 is 11.6 Å². The molecule has 0 aromatic heterocycles. The predicted octanol–water partition coefficient (Wildman–Crippen LogP) is 4.21. The number of anilines is 1. The van der Waals surface area contributed by atoms with Crippen molar-refractivity contribution in [3.63, 3.8) is 0 Å². The zero-order valence-corrected chi connectivity index (χ0v) is 15.3. The van der Waals surface area contributed by atoms with Gasteiger partial charge in [0.25, 0.3) is 0 Å². The number of benzene rings is 2. The molecule has 1 aliphatic rings. The molecule has 26 heavy (non-hydrogen) atoms. The molecule has 0 spiro atoms. The van der Waals surface area contributed by atoms with Crippen LogP contribution in [0.1, 0.15) is 31.2 Å². The van der Waals surface area contributed by atoms with Crippen molar-refractivity contribution < 1.29 is 19.0 Å². The van der Waals surface area contributed by atoms with Crippen molar-refractivity contribution in [2.45, 2.75) is 38.2 Å². The maximum Gasteiger partial charge on any atom is 0.228 e. The minimum Gasteiger partial charge on any atom is -0.496 e. The highest BCUT2D eigenvalue weighted by Crippen LogP contribution is 2.34. The Hall–Kier alpha value is -2.69. The van der Waals surface area contributed by atoms with E-state index in [-0.39, 0.29) is 18.4 Å². The average molecular weight is 355 g/mol. The maximum absolute atomic E-state index is 12.4. The summed E-state index contributed by atoms with van der Waals surface area (Å²) in [4.78, 5) is 12.4. The van der Waals surface area contributed by atoms with Crippen molar-refractivity contribution in [2.24, 2.45) is 0 Å². The highest BCUT2D eigenvalue weighted by atomic mass is 16.5. The number of carbonyl (C=O) groups is 1. The van der Waals surface area contributed by atoms with E-state index in [0.717, 1.165) is 18.4 Å².